The summed E-state index contributed by atoms with van der Waals surface area (Å²) < 4.78 is 0. The number of piperidine rings is 1. The lowest BCUT2D eigenvalue weighted by Gasteiger charge is -2.42. The smallest absolute Gasteiger partial charge is 0.243 e. The molecule has 3 aromatic rings. The molecule has 2 aliphatic heterocycles. The molecule has 3 heterocycles. The van der Waals surface area contributed by atoms with Crippen LogP contribution in [0.3, 0.4) is 0 Å². The van der Waals surface area contributed by atoms with Crippen molar-refractivity contribution in [2.45, 2.75) is 44.1 Å². The van der Waals surface area contributed by atoms with Crippen molar-refractivity contribution >= 4 is 28.5 Å². The molecule has 0 spiro atoms. The normalized spacial score (nSPS) is 21.3. The Balaban J connectivity index is 1.17. The van der Waals surface area contributed by atoms with Gasteiger partial charge in [-0.25, -0.2) is 0 Å². The highest BCUT2D eigenvalue weighted by Crippen LogP contribution is 2.35. The number of nitrogens with zero attached hydrogens (tertiary/aromatic N) is 4. The molecule has 1 atom stereocenters. The van der Waals surface area contributed by atoms with Crippen molar-refractivity contribution in [3.63, 3.8) is 0 Å². The molecule has 2 aromatic carbocycles. The molecule has 1 aromatic heterocycles. The van der Waals surface area contributed by atoms with E-state index < -0.39 is 5.54 Å². The summed E-state index contributed by atoms with van der Waals surface area (Å²) in [5.41, 5.74) is 3.06. The first-order valence-corrected chi connectivity index (χ1v) is 12.6. The Labute approximate surface area is 206 Å². The number of hydrogen-bond donors (Lipinski definition) is 1. The molecule has 0 aliphatic carbocycles. The molecule has 7 nitrogen and oxygen atoms in total. The van der Waals surface area contributed by atoms with Crippen molar-refractivity contribution in [3.8, 4) is 0 Å². The number of carbonyl (C=O) groups is 2. The molecule has 0 radical (unpaired) electrons. The average molecular weight is 472 g/mol. The fraction of sp³-hybridized carbons (Fsp3) is 0.429. The van der Waals surface area contributed by atoms with Gasteiger partial charge in [0.25, 0.3) is 0 Å². The minimum absolute atomic E-state index is 0.00842. The van der Waals surface area contributed by atoms with E-state index in [1.807, 2.05) is 41.3 Å². The van der Waals surface area contributed by atoms with Crippen LogP contribution in [0.15, 0.2) is 60.9 Å². The van der Waals surface area contributed by atoms with Gasteiger partial charge in [0, 0.05) is 37.6 Å². The number of carbonyl (C=O) groups excluding carboxylic acids is 2. The molecule has 5 rings (SSSR count). The zero-order valence-corrected chi connectivity index (χ0v) is 20.3. The monoisotopic (exact) mass is 471 g/mol. The third-order valence-electron chi connectivity index (χ3n) is 7.68. The number of benzene rings is 2. The van der Waals surface area contributed by atoms with E-state index in [0.717, 1.165) is 55.4 Å². The molecule has 2 fully saturated rings. The maximum Gasteiger partial charge on any atom is 0.243 e. The van der Waals surface area contributed by atoms with Gasteiger partial charge in [-0.05, 0) is 75.4 Å². The van der Waals surface area contributed by atoms with Crippen molar-refractivity contribution in [2.24, 2.45) is 5.92 Å². The van der Waals surface area contributed by atoms with Gasteiger partial charge < -0.3 is 10.2 Å². The molecule has 182 valence electrons. The van der Waals surface area contributed by atoms with Crippen LogP contribution in [0.4, 0.5) is 5.69 Å². The van der Waals surface area contributed by atoms with Crippen molar-refractivity contribution in [1.29, 1.82) is 0 Å². The molecule has 2 saturated heterocycles. The highest BCUT2D eigenvalue weighted by molar-refractivity contribution is 5.93. The van der Waals surface area contributed by atoms with Crippen LogP contribution in [-0.4, -0.2) is 63.8 Å². The van der Waals surface area contributed by atoms with E-state index in [2.05, 4.69) is 39.4 Å². The number of amides is 2. The molecule has 35 heavy (non-hydrogen) atoms. The van der Waals surface area contributed by atoms with Crippen LogP contribution in [-0.2, 0) is 16.0 Å². The van der Waals surface area contributed by atoms with E-state index in [-0.39, 0.29) is 17.7 Å². The number of likely N-dealkylation sites (N-methyl/N-ethyl adjacent to an activating group) is 1. The lowest BCUT2D eigenvalue weighted by molar-refractivity contribution is -0.143. The van der Waals surface area contributed by atoms with E-state index >= 15 is 0 Å². The second-order valence-corrected chi connectivity index (χ2v) is 9.97. The van der Waals surface area contributed by atoms with Gasteiger partial charge in [-0.1, -0.05) is 30.3 Å². The average Bonchev–Trinajstić information content (AvgIpc) is 3.25. The fourth-order valence-corrected chi connectivity index (χ4v) is 5.67. The van der Waals surface area contributed by atoms with Gasteiger partial charge in [-0.3, -0.25) is 24.5 Å². The first-order chi connectivity index (χ1) is 17.0. The van der Waals surface area contributed by atoms with Crippen molar-refractivity contribution < 1.29 is 9.59 Å². The summed E-state index contributed by atoms with van der Waals surface area (Å²) in [6.45, 7) is 2.38. The van der Waals surface area contributed by atoms with Crippen molar-refractivity contribution in [1.82, 2.24) is 19.8 Å². The molecular weight excluding hydrogens is 438 g/mol. The lowest BCUT2D eigenvalue weighted by Crippen LogP contribution is -2.58. The second kappa shape index (κ2) is 10.1. The summed E-state index contributed by atoms with van der Waals surface area (Å²) >= 11 is 0. The Morgan fingerprint density at radius 1 is 1.00 bits per heavy atom. The van der Waals surface area contributed by atoms with Gasteiger partial charge in [-0.2, -0.15) is 0 Å². The molecule has 1 N–H and O–H groups in total. The van der Waals surface area contributed by atoms with Crippen molar-refractivity contribution in [3.05, 3.63) is 66.5 Å². The molecule has 2 amide bonds. The lowest BCUT2D eigenvalue weighted by atomic mass is 9.85. The quantitative estimate of drug-likeness (QED) is 0.590. The topological polar surface area (TPSA) is 78.4 Å². The number of hydrogen-bond acceptors (Lipinski definition) is 5. The van der Waals surface area contributed by atoms with Crippen LogP contribution in [0.2, 0.25) is 0 Å². The highest BCUT2D eigenvalue weighted by Gasteiger charge is 2.47. The molecule has 0 unspecified atom stereocenters. The van der Waals surface area contributed by atoms with Gasteiger partial charge in [0.1, 0.15) is 5.54 Å². The van der Waals surface area contributed by atoms with E-state index in [9.17, 15) is 9.59 Å². The minimum atomic E-state index is -0.454. The zero-order chi connectivity index (χ0) is 24.3. The van der Waals surface area contributed by atoms with E-state index in [1.165, 1.54) is 5.56 Å². The summed E-state index contributed by atoms with van der Waals surface area (Å²) in [7, 11) is 2.09. The highest BCUT2D eigenvalue weighted by atomic mass is 16.2. The predicted octanol–water partition coefficient (Wildman–Crippen LogP) is 3.90. The number of likely N-dealkylation sites (tertiary alicyclic amines) is 2. The number of rotatable bonds is 6. The van der Waals surface area contributed by atoms with Gasteiger partial charge in [0.05, 0.1) is 11.0 Å². The molecule has 7 heteroatoms. The van der Waals surface area contributed by atoms with Crippen LogP contribution in [0, 0.1) is 5.92 Å². The largest absolute Gasteiger partial charge is 0.341 e. The standard InChI is InChI=1S/C28H33N5O2/c1-32-15-5-12-28(32,20-22-6-3-2-4-7-22)27(35)33-16-10-21(11-17-33)18-26(34)31-23-8-9-24-25(19-23)30-14-13-29-24/h2-4,6-9,13-14,19,21H,5,10-12,15-18,20H2,1H3,(H,31,34)/t28-/m1/s1. The van der Waals surface area contributed by atoms with Crippen LogP contribution in [0.1, 0.15) is 37.7 Å². The maximum atomic E-state index is 13.8. The number of anilines is 1. The third-order valence-corrected chi connectivity index (χ3v) is 7.68. The molecule has 2 aliphatic rings. The van der Waals surface area contributed by atoms with Crippen LogP contribution < -0.4 is 5.32 Å². The van der Waals surface area contributed by atoms with E-state index in [4.69, 9.17) is 0 Å². The molecular formula is C28H33N5O2. The Bertz CT molecular complexity index is 1190. The third kappa shape index (κ3) is 5.05. The summed E-state index contributed by atoms with van der Waals surface area (Å²) in [5.74, 6) is 0.543. The molecule has 0 saturated carbocycles. The van der Waals surface area contributed by atoms with Gasteiger partial charge in [-0.15, -0.1) is 0 Å². The molecule has 0 bridgehead atoms. The van der Waals surface area contributed by atoms with Crippen LogP contribution >= 0.6 is 0 Å². The van der Waals surface area contributed by atoms with Crippen molar-refractivity contribution in [2.75, 3.05) is 32.0 Å². The zero-order valence-electron chi connectivity index (χ0n) is 20.3. The first-order valence-electron chi connectivity index (χ1n) is 12.6. The summed E-state index contributed by atoms with van der Waals surface area (Å²) in [5, 5.41) is 3.01. The van der Waals surface area contributed by atoms with Gasteiger partial charge in [0.15, 0.2) is 0 Å². The van der Waals surface area contributed by atoms with Crippen LogP contribution in [0.25, 0.3) is 11.0 Å². The summed E-state index contributed by atoms with van der Waals surface area (Å²) in [4.78, 5) is 39.4. The number of nitrogens with one attached hydrogen (secondary N) is 1. The second-order valence-electron chi connectivity index (χ2n) is 9.97. The Morgan fingerprint density at radius 2 is 1.74 bits per heavy atom. The summed E-state index contributed by atoms with van der Waals surface area (Å²) in [6, 6.07) is 15.9. The maximum absolute atomic E-state index is 13.8. The van der Waals surface area contributed by atoms with Gasteiger partial charge >= 0.3 is 0 Å². The number of aromatic nitrogens is 2. The Morgan fingerprint density at radius 3 is 2.46 bits per heavy atom. The summed E-state index contributed by atoms with van der Waals surface area (Å²) in [6.07, 6.45) is 8.18. The minimum Gasteiger partial charge on any atom is -0.341 e. The Hall–Kier alpha value is -3.32. The van der Waals surface area contributed by atoms with Crippen LogP contribution in [0.5, 0.6) is 0 Å². The predicted molar refractivity (Wildman–Crippen MR) is 137 cm³/mol. The number of fused-ring (bicyclic) bond motifs is 1. The van der Waals surface area contributed by atoms with E-state index in [0.29, 0.717) is 19.5 Å². The fourth-order valence-electron chi connectivity index (χ4n) is 5.67. The first kappa shape index (κ1) is 23.4. The SMILES string of the molecule is CN1CCC[C@@]1(Cc1ccccc1)C(=O)N1CCC(CC(=O)Nc2ccc3nccnc3c2)CC1. The Kier molecular flexibility index (Phi) is 6.77. The van der Waals surface area contributed by atoms with E-state index in [1.54, 1.807) is 12.4 Å². The van der Waals surface area contributed by atoms with Gasteiger partial charge in [0.2, 0.25) is 11.8 Å².